The lowest BCUT2D eigenvalue weighted by Gasteiger charge is -2.32. The molecular weight excluding hydrogens is 238 g/mol. The molecule has 0 saturated carbocycles. The van der Waals surface area contributed by atoms with Gasteiger partial charge in [0.2, 0.25) is 0 Å². The molecule has 0 spiro atoms. The van der Waals surface area contributed by atoms with E-state index in [1.165, 1.54) is 0 Å². The van der Waals surface area contributed by atoms with Crippen molar-refractivity contribution in [1.29, 1.82) is 0 Å². The summed E-state index contributed by atoms with van der Waals surface area (Å²) in [5.74, 6) is 0.0620. The zero-order chi connectivity index (χ0) is 12.8. The summed E-state index contributed by atoms with van der Waals surface area (Å²) in [4.78, 5) is 0. The van der Waals surface area contributed by atoms with Crippen molar-refractivity contribution in [3.8, 4) is 5.75 Å². The molecule has 1 N–H and O–H groups in total. The second-order valence-electron chi connectivity index (χ2n) is 5.30. The Hall–Kier alpha value is -0.705. The number of phenolic OH excluding ortho intramolecular Hbond substituents is 1. The van der Waals surface area contributed by atoms with Crippen LogP contribution >= 0.6 is 11.6 Å². The Morgan fingerprint density at radius 3 is 2.12 bits per heavy atom. The van der Waals surface area contributed by atoms with Gasteiger partial charge in [-0.05, 0) is 45.3 Å². The Balaban J connectivity index is 2.29. The summed E-state index contributed by atoms with van der Waals surface area (Å²) in [5, 5.41) is 9.68. The average molecular weight is 255 g/mol. The Morgan fingerprint density at radius 2 is 1.65 bits per heavy atom. The van der Waals surface area contributed by atoms with Crippen molar-refractivity contribution in [3.05, 3.63) is 23.2 Å². The van der Waals surface area contributed by atoms with Crippen LogP contribution in [0, 0.1) is 0 Å². The molecule has 0 aliphatic carbocycles. The van der Waals surface area contributed by atoms with Crippen LogP contribution in [0.25, 0.3) is 0 Å². The fourth-order valence-corrected chi connectivity index (χ4v) is 1.84. The number of hydrogen-bond donors (Lipinski definition) is 1. The fraction of sp³-hybridized carbons (Fsp3) is 0.500. The smallest absolute Gasteiger partial charge is 0.494 e. The van der Waals surface area contributed by atoms with Crippen molar-refractivity contribution in [3.63, 3.8) is 0 Å². The minimum absolute atomic E-state index is 0.0620. The quantitative estimate of drug-likeness (QED) is 0.782. The standard InChI is InChI=1S/C12H16BClO3/c1-11(2)12(3,4)17-13(16-11)8-5-6-10(15)9(14)7-8/h5-7,15H,1-4H3. The molecule has 3 nitrogen and oxygen atoms in total. The second kappa shape index (κ2) is 3.90. The Kier molecular flexibility index (Phi) is 2.93. The third-order valence-electron chi connectivity index (χ3n) is 3.50. The third kappa shape index (κ3) is 2.17. The average Bonchev–Trinajstić information content (AvgIpc) is 2.41. The highest BCUT2D eigenvalue weighted by molar-refractivity contribution is 6.62. The van der Waals surface area contributed by atoms with Crippen LogP contribution in [0.15, 0.2) is 18.2 Å². The predicted octanol–water partition coefficient (Wildman–Crippen LogP) is 2.34. The zero-order valence-corrected chi connectivity index (χ0v) is 11.2. The number of halogens is 1. The van der Waals surface area contributed by atoms with E-state index in [2.05, 4.69) is 0 Å². The minimum atomic E-state index is -0.446. The van der Waals surface area contributed by atoms with Crippen molar-refractivity contribution < 1.29 is 14.4 Å². The molecule has 17 heavy (non-hydrogen) atoms. The zero-order valence-electron chi connectivity index (χ0n) is 10.5. The molecule has 0 atom stereocenters. The maximum atomic E-state index is 9.38. The highest BCUT2D eigenvalue weighted by Gasteiger charge is 2.51. The van der Waals surface area contributed by atoms with Gasteiger partial charge in [-0.2, -0.15) is 0 Å². The molecular formula is C12H16BClO3. The summed E-state index contributed by atoms with van der Waals surface area (Å²) in [7, 11) is -0.446. The molecule has 1 aliphatic rings. The van der Waals surface area contributed by atoms with E-state index in [0.717, 1.165) is 5.46 Å². The van der Waals surface area contributed by atoms with Crippen LogP contribution in [-0.2, 0) is 9.31 Å². The first-order chi connectivity index (χ1) is 7.73. The van der Waals surface area contributed by atoms with E-state index < -0.39 is 7.12 Å². The summed E-state index contributed by atoms with van der Waals surface area (Å²) in [6.45, 7) is 7.98. The first kappa shape index (κ1) is 12.7. The van der Waals surface area contributed by atoms with Crippen LogP contribution in [0.3, 0.4) is 0 Å². The molecule has 1 fully saturated rings. The van der Waals surface area contributed by atoms with Crippen molar-refractivity contribution in [2.75, 3.05) is 0 Å². The van der Waals surface area contributed by atoms with E-state index in [1.54, 1.807) is 18.2 Å². The highest BCUT2D eigenvalue weighted by Crippen LogP contribution is 2.36. The number of rotatable bonds is 1. The maximum absolute atomic E-state index is 9.38. The number of hydrogen-bond acceptors (Lipinski definition) is 3. The lowest BCUT2D eigenvalue weighted by atomic mass is 9.79. The predicted molar refractivity (Wildman–Crippen MR) is 68.8 cm³/mol. The maximum Gasteiger partial charge on any atom is 0.494 e. The lowest BCUT2D eigenvalue weighted by molar-refractivity contribution is 0.00578. The number of phenols is 1. The van der Waals surface area contributed by atoms with E-state index in [9.17, 15) is 5.11 Å². The van der Waals surface area contributed by atoms with Crippen molar-refractivity contribution in [2.45, 2.75) is 38.9 Å². The largest absolute Gasteiger partial charge is 0.506 e. The molecule has 1 aliphatic heterocycles. The highest BCUT2D eigenvalue weighted by atomic mass is 35.5. The van der Waals surface area contributed by atoms with Gasteiger partial charge < -0.3 is 14.4 Å². The number of aromatic hydroxyl groups is 1. The van der Waals surface area contributed by atoms with Gasteiger partial charge in [-0.25, -0.2) is 0 Å². The van der Waals surface area contributed by atoms with E-state index >= 15 is 0 Å². The second-order valence-corrected chi connectivity index (χ2v) is 5.71. The summed E-state index contributed by atoms with van der Waals surface area (Å²) >= 11 is 5.87. The Morgan fingerprint density at radius 1 is 1.12 bits per heavy atom. The molecule has 0 bridgehead atoms. The normalized spacial score (nSPS) is 21.8. The summed E-state index contributed by atoms with van der Waals surface area (Å²) in [5.41, 5.74) is 0.0656. The van der Waals surface area contributed by atoms with Crippen LogP contribution < -0.4 is 5.46 Å². The first-order valence-electron chi connectivity index (χ1n) is 5.57. The minimum Gasteiger partial charge on any atom is -0.506 e. The van der Waals surface area contributed by atoms with Crippen LogP contribution in [0.4, 0.5) is 0 Å². The van der Waals surface area contributed by atoms with E-state index in [-0.39, 0.29) is 17.0 Å². The van der Waals surface area contributed by atoms with Crippen molar-refractivity contribution in [1.82, 2.24) is 0 Å². The van der Waals surface area contributed by atoms with Gasteiger partial charge >= 0.3 is 7.12 Å². The van der Waals surface area contributed by atoms with Gasteiger partial charge in [0.1, 0.15) is 5.75 Å². The van der Waals surface area contributed by atoms with Crippen LogP contribution in [0.5, 0.6) is 5.75 Å². The van der Waals surface area contributed by atoms with Gasteiger partial charge in [0.25, 0.3) is 0 Å². The Bertz CT molecular complexity index is 429. The lowest BCUT2D eigenvalue weighted by Crippen LogP contribution is -2.41. The van der Waals surface area contributed by atoms with Gasteiger partial charge in [0.15, 0.2) is 0 Å². The third-order valence-corrected chi connectivity index (χ3v) is 3.80. The van der Waals surface area contributed by atoms with Crippen molar-refractivity contribution >= 4 is 24.2 Å². The van der Waals surface area contributed by atoms with Crippen LogP contribution in [0.1, 0.15) is 27.7 Å². The topological polar surface area (TPSA) is 38.7 Å². The van der Waals surface area contributed by atoms with Crippen molar-refractivity contribution in [2.24, 2.45) is 0 Å². The Labute approximate surface area is 107 Å². The summed E-state index contributed by atoms with van der Waals surface area (Å²) in [6.07, 6.45) is 0. The molecule has 92 valence electrons. The number of benzene rings is 1. The SMILES string of the molecule is CC1(C)OB(c2ccc(O)c(Cl)c2)OC1(C)C. The molecule has 1 aromatic rings. The van der Waals surface area contributed by atoms with E-state index in [4.69, 9.17) is 20.9 Å². The van der Waals surface area contributed by atoms with Gasteiger partial charge in [-0.3, -0.25) is 0 Å². The van der Waals surface area contributed by atoms with Crippen LogP contribution in [-0.4, -0.2) is 23.4 Å². The summed E-state index contributed by atoms with van der Waals surface area (Å²) in [6, 6.07) is 4.96. The molecule has 0 aromatic heterocycles. The van der Waals surface area contributed by atoms with E-state index in [1.807, 2.05) is 27.7 Å². The molecule has 0 amide bonds. The van der Waals surface area contributed by atoms with Gasteiger partial charge in [0.05, 0.1) is 16.2 Å². The molecule has 5 heteroatoms. The van der Waals surface area contributed by atoms with Gasteiger partial charge in [-0.1, -0.05) is 17.7 Å². The molecule has 2 rings (SSSR count). The van der Waals surface area contributed by atoms with Gasteiger partial charge in [-0.15, -0.1) is 0 Å². The molecule has 0 unspecified atom stereocenters. The summed E-state index contributed by atoms with van der Waals surface area (Å²) < 4.78 is 11.8. The van der Waals surface area contributed by atoms with E-state index in [0.29, 0.717) is 5.02 Å². The first-order valence-corrected chi connectivity index (χ1v) is 5.95. The molecule has 1 saturated heterocycles. The van der Waals surface area contributed by atoms with Gasteiger partial charge in [0, 0.05) is 0 Å². The molecule has 1 heterocycles. The molecule has 0 radical (unpaired) electrons. The molecule has 1 aromatic carbocycles. The fourth-order valence-electron chi connectivity index (χ4n) is 1.65. The monoisotopic (exact) mass is 254 g/mol. The van der Waals surface area contributed by atoms with Crippen LogP contribution in [0.2, 0.25) is 5.02 Å².